The summed E-state index contributed by atoms with van der Waals surface area (Å²) in [6.45, 7) is 3.62. The number of H-pyrrole nitrogens is 1. The summed E-state index contributed by atoms with van der Waals surface area (Å²) in [5.74, 6) is -1.37. The molecule has 5 rings (SSSR count). The summed E-state index contributed by atoms with van der Waals surface area (Å²) < 4.78 is 29.4. The quantitative estimate of drug-likeness (QED) is 0.528. The van der Waals surface area contributed by atoms with Gasteiger partial charge in [0.2, 0.25) is 5.91 Å². The smallest absolute Gasteiger partial charge is 0.231 e. The number of hydrogen-bond acceptors (Lipinski definition) is 4. The minimum Gasteiger partial charge on any atom is -0.309 e. The Labute approximate surface area is 167 Å². The third kappa shape index (κ3) is 2.77. The van der Waals surface area contributed by atoms with Gasteiger partial charge in [-0.15, -0.1) is 0 Å². The van der Waals surface area contributed by atoms with Crippen molar-refractivity contribution in [3.05, 3.63) is 47.8 Å². The Bertz CT molecular complexity index is 1310. The number of nitrogens with zero attached hydrogens (tertiary/aromatic N) is 4. The molecule has 0 saturated heterocycles. The molecule has 10 heteroatoms. The van der Waals surface area contributed by atoms with Crippen molar-refractivity contribution >= 4 is 46.0 Å². The zero-order valence-electron chi connectivity index (χ0n) is 14.8. The predicted octanol–water partition coefficient (Wildman–Crippen LogP) is 4.00. The molecule has 1 amide bonds. The number of amides is 1. The van der Waals surface area contributed by atoms with E-state index in [4.69, 9.17) is 11.6 Å². The van der Waals surface area contributed by atoms with E-state index in [0.29, 0.717) is 27.8 Å². The Morgan fingerprint density at radius 1 is 1.41 bits per heavy atom. The normalized spacial score (nSPS) is 18.3. The maximum absolute atomic E-state index is 14.8. The van der Waals surface area contributed by atoms with Gasteiger partial charge in [0.1, 0.15) is 6.17 Å². The summed E-state index contributed by atoms with van der Waals surface area (Å²) in [5.41, 5.74) is 1.91. The first-order valence-corrected chi connectivity index (χ1v) is 9.12. The molecule has 1 fully saturated rings. The standard InChI is InChI=1S/C19H13ClF2N6O/c1-2-8-17(22)16(20)15(10-4-24-27-18(8)10)12-6-28-7-13(25-14(28)5-23-12)26-19(29)9-3-11(9)21/h2,4-7,9,11H,1,3H2,(H,24,27)(H,26,29). The minimum absolute atomic E-state index is 0.1000. The van der Waals surface area contributed by atoms with Gasteiger partial charge in [-0.05, 0) is 6.42 Å². The van der Waals surface area contributed by atoms with E-state index >= 15 is 0 Å². The Hall–Kier alpha value is -3.33. The number of carbonyl (C=O) groups is 1. The molecule has 1 aliphatic carbocycles. The number of nitrogens with one attached hydrogen (secondary N) is 2. The van der Waals surface area contributed by atoms with Crippen LogP contribution in [-0.4, -0.2) is 36.6 Å². The van der Waals surface area contributed by atoms with Crippen molar-refractivity contribution in [2.24, 2.45) is 5.92 Å². The van der Waals surface area contributed by atoms with E-state index in [9.17, 15) is 13.6 Å². The van der Waals surface area contributed by atoms with E-state index in [-0.39, 0.29) is 22.8 Å². The largest absolute Gasteiger partial charge is 0.309 e. The summed E-state index contributed by atoms with van der Waals surface area (Å²) >= 11 is 6.31. The predicted molar refractivity (Wildman–Crippen MR) is 105 cm³/mol. The number of imidazole rings is 1. The summed E-state index contributed by atoms with van der Waals surface area (Å²) in [6, 6.07) is 0. The number of alkyl halides is 1. The van der Waals surface area contributed by atoms with Gasteiger partial charge in [-0.3, -0.25) is 14.9 Å². The van der Waals surface area contributed by atoms with Crippen LogP contribution in [0.3, 0.4) is 0 Å². The van der Waals surface area contributed by atoms with E-state index < -0.39 is 23.8 Å². The van der Waals surface area contributed by atoms with E-state index in [1.807, 2.05) is 0 Å². The fourth-order valence-electron chi connectivity index (χ4n) is 3.32. The molecule has 0 bridgehead atoms. The molecule has 4 aromatic rings. The monoisotopic (exact) mass is 414 g/mol. The molecule has 146 valence electrons. The van der Waals surface area contributed by atoms with Crippen molar-refractivity contribution < 1.29 is 13.6 Å². The van der Waals surface area contributed by atoms with Gasteiger partial charge in [0.25, 0.3) is 0 Å². The van der Waals surface area contributed by atoms with Crippen molar-refractivity contribution in [3.63, 3.8) is 0 Å². The molecule has 3 aromatic heterocycles. The summed E-state index contributed by atoms with van der Waals surface area (Å²) in [6.07, 6.45) is 6.72. The maximum atomic E-state index is 14.8. The van der Waals surface area contributed by atoms with Crippen molar-refractivity contribution in [2.45, 2.75) is 12.6 Å². The molecule has 2 N–H and O–H groups in total. The number of rotatable bonds is 4. The van der Waals surface area contributed by atoms with Crippen LogP contribution in [0.1, 0.15) is 12.0 Å². The first-order valence-electron chi connectivity index (χ1n) is 8.74. The van der Waals surface area contributed by atoms with Crippen molar-refractivity contribution in [2.75, 3.05) is 5.32 Å². The lowest BCUT2D eigenvalue weighted by atomic mass is 10.0. The lowest BCUT2D eigenvalue weighted by Gasteiger charge is -2.10. The maximum Gasteiger partial charge on any atom is 0.231 e. The first-order chi connectivity index (χ1) is 14.0. The highest BCUT2D eigenvalue weighted by Crippen LogP contribution is 2.39. The molecule has 1 saturated carbocycles. The lowest BCUT2D eigenvalue weighted by Crippen LogP contribution is -2.15. The number of aromatic nitrogens is 5. The Morgan fingerprint density at radius 3 is 2.93 bits per heavy atom. The van der Waals surface area contributed by atoms with Crippen LogP contribution < -0.4 is 5.32 Å². The zero-order chi connectivity index (χ0) is 20.3. The Morgan fingerprint density at radius 2 is 2.21 bits per heavy atom. The minimum atomic E-state index is -1.09. The molecule has 2 unspecified atom stereocenters. The number of aromatic amines is 1. The average Bonchev–Trinajstić information content (AvgIpc) is 3.08. The molecular formula is C19H13ClF2N6O. The highest BCUT2D eigenvalue weighted by atomic mass is 35.5. The second kappa shape index (κ2) is 6.35. The summed E-state index contributed by atoms with van der Waals surface area (Å²) in [5, 5.41) is 9.82. The summed E-state index contributed by atoms with van der Waals surface area (Å²) in [4.78, 5) is 20.5. The molecule has 29 heavy (non-hydrogen) atoms. The Balaban J connectivity index is 1.59. The van der Waals surface area contributed by atoms with Crippen LogP contribution in [0, 0.1) is 11.7 Å². The van der Waals surface area contributed by atoms with E-state index in [1.165, 1.54) is 18.5 Å². The fraction of sp³-hybridized carbons (Fsp3) is 0.158. The zero-order valence-corrected chi connectivity index (χ0v) is 15.5. The first kappa shape index (κ1) is 17.7. The topological polar surface area (TPSA) is 88.0 Å². The van der Waals surface area contributed by atoms with Gasteiger partial charge in [-0.25, -0.2) is 13.8 Å². The van der Waals surface area contributed by atoms with Crippen LogP contribution >= 0.6 is 11.6 Å². The van der Waals surface area contributed by atoms with Crippen molar-refractivity contribution in [3.8, 4) is 11.3 Å². The van der Waals surface area contributed by atoms with Gasteiger partial charge in [0, 0.05) is 22.7 Å². The van der Waals surface area contributed by atoms with Gasteiger partial charge < -0.3 is 9.72 Å². The molecule has 0 radical (unpaired) electrons. The molecule has 1 aromatic carbocycles. The third-order valence-corrected chi connectivity index (χ3v) is 5.28. The van der Waals surface area contributed by atoms with Crippen LogP contribution in [0.25, 0.3) is 33.9 Å². The van der Waals surface area contributed by atoms with Crippen LogP contribution in [0.4, 0.5) is 14.6 Å². The van der Waals surface area contributed by atoms with Gasteiger partial charge in [0.15, 0.2) is 17.3 Å². The van der Waals surface area contributed by atoms with Crippen LogP contribution in [0.5, 0.6) is 0 Å². The highest BCUT2D eigenvalue weighted by molar-refractivity contribution is 6.35. The molecule has 2 atom stereocenters. The van der Waals surface area contributed by atoms with Gasteiger partial charge in [-0.2, -0.15) is 5.10 Å². The van der Waals surface area contributed by atoms with Crippen LogP contribution in [0.2, 0.25) is 5.02 Å². The number of fused-ring (bicyclic) bond motifs is 2. The fourth-order valence-corrected chi connectivity index (χ4v) is 3.62. The summed E-state index contributed by atoms with van der Waals surface area (Å²) in [7, 11) is 0. The average molecular weight is 415 g/mol. The second-order valence-corrected chi connectivity index (χ2v) is 7.17. The van der Waals surface area contributed by atoms with E-state index in [2.05, 4.69) is 32.1 Å². The number of anilines is 1. The van der Waals surface area contributed by atoms with Gasteiger partial charge in [-0.1, -0.05) is 24.3 Å². The van der Waals surface area contributed by atoms with Gasteiger partial charge >= 0.3 is 0 Å². The number of hydrogen-bond donors (Lipinski definition) is 2. The lowest BCUT2D eigenvalue weighted by molar-refractivity contribution is -0.117. The van der Waals surface area contributed by atoms with Crippen LogP contribution in [-0.2, 0) is 4.79 Å². The van der Waals surface area contributed by atoms with Crippen molar-refractivity contribution in [1.82, 2.24) is 24.6 Å². The Kier molecular flexibility index (Phi) is 3.88. The van der Waals surface area contributed by atoms with E-state index in [0.717, 1.165) is 0 Å². The van der Waals surface area contributed by atoms with E-state index in [1.54, 1.807) is 16.8 Å². The van der Waals surface area contributed by atoms with Crippen molar-refractivity contribution in [1.29, 1.82) is 0 Å². The molecule has 7 nitrogen and oxygen atoms in total. The van der Waals surface area contributed by atoms with Gasteiger partial charge in [0.05, 0.1) is 40.7 Å². The molecule has 1 aliphatic rings. The second-order valence-electron chi connectivity index (χ2n) is 6.79. The van der Waals surface area contributed by atoms with Crippen LogP contribution in [0.15, 0.2) is 31.4 Å². The SMILES string of the molecule is C=Cc1c(F)c(Cl)c(-c2cn3cc(NC(=O)C4CC4F)nc3cn2)c2cn[nH]c12. The third-order valence-electron chi connectivity index (χ3n) is 4.93. The molecule has 0 aliphatic heterocycles. The highest BCUT2D eigenvalue weighted by Gasteiger charge is 2.43. The number of benzene rings is 1. The number of halogens is 3. The molecule has 3 heterocycles. The number of carbonyl (C=O) groups excluding carboxylic acids is 1. The molecular weight excluding hydrogens is 402 g/mol. The molecule has 0 spiro atoms.